The largest absolute Gasteiger partial charge is 0.370 e. The molecule has 1 aliphatic rings. The molecule has 0 unspecified atom stereocenters. The number of nitrogens with zero attached hydrogens (tertiary/aromatic N) is 3. The van der Waals surface area contributed by atoms with E-state index in [1.165, 1.54) is 16.7 Å². The Balaban J connectivity index is 1.43. The first-order chi connectivity index (χ1) is 13.2. The van der Waals surface area contributed by atoms with Gasteiger partial charge in [0, 0.05) is 30.7 Å². The van der Waals surface area contributed by atoms with E-state index < -0.39 is 0 Å². The number of anilines is 2. The Morgan fingerprint density at radius 3 is 2.63 bits per heavy atom. The number of hydrogen-bond acceptors (Lipinski definition) is 4. The molecule has 138 valence electrons. The van der Waals surface area contributed by atoms with Crippen LogP contribution in [-0.4, -0.2) is 23.1 Å². The zero-order valence-corrected chi connectivity index (χ0v) is 16.2. The van der Waals surface area contributed by atoms with Crippen LogP contribution >= 0.6 is 11.6 Å². The molecule has 0 aliphatic carbocycles. The second-order valence-electron chi connectivity index (χ2n) is 6.90. The number of benzene rings is 2. The molecule has 4 nitrogen and oxygen atoms in total. The monoisotopic (exact) mass is 378 g/mol. The van der Waals surface area contributed by atoms with Crippen LogP contribution in [0.25, 0.3) is 0 Å². The van der Waals surface area contributed by atoms with Gasteiger partial charge in [-0.2, -0.15) is 0 Å². The van der Waals surface area contributed by atoms with Gasteiger partial charge in [-0.3, -0.25) is 0 Å². The molecule has 1 aliphatic heterocycles. The van der Waals surface area contributed by atoms with Crippen molar-refractivity contribution in [3.8, 4) is 0 Å². The smallest absolute Gasteiger partial charge is 0.134 e. The molecule has 0 fully saturated rings. The van der Waals surface area contributed by atoms with E-state index in [-0.39, 0.29) is 0 Å². The van der Waals surface area contributed by atoms with E-state index in [9.17, 15) is 0 Å². The van der Waals surface area contributed by atoms with Crippen molar-refractivity contribution in [2.24, 2.45) is 0 Å². The molecule has 1 aromatic heterocycles. The second-order valence-corrected chi connectivity index (χ2v) is 7.34. The molecule has 0 saturated heterocycles. The summed E-state index contributed by atoms with van der Waals surface area (Å²) in [6, 6.07) is 18.7. The number of rotatable bonds is 5. The van der Waals surface area contributed by atoms with Gasteiger partial charge in [-0.15, -0.1) is 0 Å². The summed E-state index contributed by atoms with van der Waals surface area (Å²) in [6.07, 6.45) is 1.98. The van der Waals surface area contributed by atoms with Gasteiger partial charge in [-0.25, -0.2) is 9.97 Å². The third kappa shape index (κ3) is 4.40. The minimum Gasteiger partial charge on any atom is -0.370 e. The lowest BCUT2D eigenvalue weighted by molar-refractivity contribution is 0.717. The Bertz CT molecular complexity index is 924. The van der Waals surface area contributed by atoms with Crippen LogP contribution in [0.2, 0.25) is 5.02 Å². The summed E-state index contributed by atoms with van der Waals surface area (Å²) in [4.78, 5) is 11.5. The van der Waals surface area contributed by atoms with Gasteiger partial charge in [-0.05, 0) is 48.6 Å². The molecule has 0 spiro atoms. The Labute approximate surface area is 165 Å². The van der Waals surface area contributed by atoms with Gasteiger partial charge in [0.15, 0.2) is 0 Å². The maximum Gasteiger partial charge on any atom is 0.134 e. The van der Waals surface area contributed by atoms with Gasteiger partial charge in [0.05, 0.1) is 0 Å². The van der Waals surface area contributed by atoms with E-state index in [4.69, 9.17) is 11.6 Å². The standard InChI is InChI=1S/C22H23ClN4/c1-16-25-21(24-12-10-17-6-8-20(23)9-7-17)14-22(26-16)27-13-11-18-4-2-3-5-19(18)15-27/h2-9,14H,10-13,15H2,1H3,(H,24,25,26). The van der Waals surface area contributed by atoms with Crippen LogP contribution in [-0.2, 0) is 19.4 Å². The lowest BCUT2D eigenvalue weighted by Gasteiger charge is -2.30. The van der Waals surface area contributed by atoms with Crippen molar-refractivity contribution in [2.45, 2.75) is 26.3 Å². The molecule has 3 aromatic rings. The zero-order chi connectivity index (χ0) is 18.6. The first kappa shape index (κ1) is 17.8. The fraction of sp³-hybridized carbons (Fsp3) is 0.273. The zero-order valence-electron chi connectivity index (χ0n) is 15.5. The van der Waals surface area contributed by atoms with Crippen LogP contribution in [0.4, 0.5) is 11.6 Å². The number of nitrogens with one attached hydrogen (secondary N) is 1. The molecular weight excluding hydrogens is 356 g/mol. The highest BCUT2D eigenvalue weighted by atomic mass is 35.5. The van der Waals surface area contributed by atoms with Crippen molar-refractivity contribution in [1.29, 1.82) is 0 Å². The van der Waals surface area contributed by atoms with E-state index in [1.54, 1.807) is 0 Å². The van der Waals surface area contributed by atoms with Crippen molar-refractivity contribution in [2.75, 3.05) is 23.3 Å². The molecule has 27 heavy (non-hydrogen) atoms. The fourth-order valence-corrected chi connectivity index (χ4v) is 3.61. The van der Waals surface area contributed by atoms with E-state index in [0.29, 0.717) is 0 Å². The Kier molecular flexibility index (Phi) is 5.26. The SMILES string of the molecule is Cc1nc(NCCc2ccc(Cl)cc2)cc(N2CCc3ccccc3C2)n1. The van der Waals surface area contributed by atoms with Crippen LogP contribution < -0.4 is 10.2 Å². The highest BCUT2D eigenvalue weighted by Gasteiger charge is 2.18. The molecule has 0 amide bonds. The third-order valence-corrected chi connectivity index (χ3v) is 5.16. The van der Waals surface area contributed by atoms with Crippen LogP contribution in [0.15, 0.2) is 54.6 Å². The minimum absolute atomic E-state index is 0.769. The average molecular weight is 379 g/mol. The highest BCUT2D eigenvalue weighted by Crippen LogP contribution is 2.24. The lowest BCUT2D eigenvalue weighted by atomic mass is 10.00. The van der Waals surface area contributed by atoms with E-state index in [1.807, 2.05) is 19.1 Å². The molecule has 5 heteroatoms. The normalized spacial score (nSPS) is 13.3. The molecule has 0 atom stereocenters. The number of halogens is 1. The number of aryl methyl sites for hydroxylation is 1. The van der Waals surface area contributed by atoms with Crippen LogP contribution in [0.1, 0.15) is 22.5 Å². The lowest BCUT2D eigenvalue weighted by Crippen LogP contribution is -2.31. The van der Waals surface area contributed by atoms with Crippen LogP contribution in [0.3, 0.4) is 0 Å². The molecule has 4 rings (SSSR count). The van der Waals surface area contributed by atoms with E-state index >= 15 is 0 Å². The highest BCUT2D eigenvalue weighted by molar-refractivity contribution is 6.30. The summed E-state index contributed by atoms with van der Waals surface area (Å²) in [5, 5.41) is 4.21. The Morgan fingerprint density at radius 1 is 1.04 bits per heavy atom. The number of hydrogen-bond donors (Lipinski definition) is 1. The molecule has 0 saturated carbocycles. The third-order valence-electron chi connectivity index (χ3n) is 4.91. The minimum atomic E-state index is 0.769. The quantitative estimate of drug-likeness (QED) is 0.701. The van der Waals surface area contributed by atoms with Gasteiger partial charge in [-0.1, -0.05) is 48.0 Å². The van der Waals surface area contributed by atoms with Crippen molar-refractivity contribution < 1.29 is 0 Å². The van der Waals surface area contributed by atoms with Crippen molar-refractivity contribution >= 4 is 23.2 Å². The second kappa shape index (κ2) is 7.97. The molecular formula is C22H23ClN4. The van der Waals surface area contributed by atoms with E-state index in [0.717, 1.165) is 55.0 Å². The molecule has 1 N–H and O–H groups in total. The maximum atomic E-state index is 5.94. The summed E-state index contributed by atoms with van der Waals surface area (Å²) in [7, 11) is 0. The fourth-order valence-electron chi connectivity index (χ4n) is 3.48. The van der Waals surface area contributed by atoms with Gasteiger partial charge in [0.1, 0.15) is 17.5 Å². The maximum absolute atomic E-state index is 5.94. The molecule has 2 aromatic carbocycles. The average Bonchev–Trinajstić information content (AvgIpc) is 2.69. The van der Waals surface area contributed by atoms with Crippen molar-refractivity contribution in [3.05, 3.63) is 82.1 Å². The molecule has 0 radical (unpaired) electrons. The van der Waals surface area contributed by atoms with Gasteiger partial charge < -0.3 is 10.2 Å². The van der Waals surface area contributed by atoms with Crippen LogP contribution in [0.5, 0.6) is 0 Å². The summed E-state index contributed by atoms with van der Waals surface area (Å²) in [5.41, 5.74) is 4.09. The van der Waals surface area contributed by atoms with Crippen LogP contribution in [0, 0.1) is 6.92 Å². The summed E-state index contributed by atoms with van der Waals surface area (Å²) >= 11 is 5.94. The predicted molar refractivity (Wildman–Crippen MR) is 112 cm³/mol. The van der Waals surface area contributed by atoms with Crippen molar-refractivity contribution in [3.63, 3.8) is 0 Å². The summed E-state index contributed by atoms with van der Waals surface area (Å²) in [6.45, 7) is 4.65. The summed E-state index contributed by atoms with van der Waals surface area (Å²) in [5.74, 6) is 2.66. The number of aromatic nitrogens is 2. The van der Waals surface area contributed by atoms with E-state index in [2.05, 4.69) is 62.6 Å². The van der Waals surface area contributed by atoms with Gasteiger partial charge in [0.2, 0.25) is 0 Å². The van der Waals surface area contributed by atoms with Gasteiger partial charge in [0.25, 0.3) is 0 Å². The number of fused-ring (bicyclic) bond motifs is 1. The Morgan fingerprint density at radius 2 is 1.81 bits per heavy atom. The Hall–Kier alpha value is -2.59. The molecule has 0 bridgehead atoms. The van der Waals surface area contributed by atoms with Crippen molar-refractivity contribution in [1.82, 2.24) is 9.97 Å². The van der Waals surface area contributed by atoms with Gasteiger partial charge >= 0.3 is 0 Å². The summed E-state index contributed by atoms with van der Waals surface area (Å²) < 4.78 is 0. The first-order valence-corrected chi connectivity index (χ1v) is 9.71. The predicted octanol–water partition coefficient (Wildman–Crippen LogP) is 4.66. The first-order valence-electron chi connectivity index (χ1n) is 9.33. The topological polar surface area (TPSA) is 41.1 Å². The molecule has 2 heterocycles.